The highest BCUT2D eigenvalue weighted by atomic mass is 79.9. The van der Waals surface area contributed by atoms with Gasteiger partial charge in [-0.3, -0.25) is 4.72 Å². The van der Waals surface area contributed by atoms with Crippen LogP contribution in [-0.2, 0) is 10.0 Å². The second kappa shape index (κ2) is 8.06. The second-order valence-corrected chi connectivity index (χ2v) is 9.09. The molecule has 2 aromatic rings. The molecule has 1 heterocycles. The van der Waals surface area contributed by atoms with Gasteiger partial charge in [-0.05, 0) is 77.6 Å². The van der Waals surface area contributed by atoms with E-state index in [4.69, 9.17) is 0 Å². The lowest BCUT2D eigenvalue weighted by Crippen LogP contribution is -2.21. The van der Waals surface area contributed by atoms with Gasteiger partial charge in [-0.25, -0.2) is 12.8 Å². The summed E-state index contributed by atoms with van der Waals surface area (Å²) in [7, 11) is -3.85. The summed E-state index contributed by atoms with van der Waals surface area (Å²) in [6.45, 7) is 5.17. The van der Waals surface area contributed by atoms with E-state index in [0.29, 0.717) is 11.6 Å². The molecule has 1 atom stereocenters. The topological polar surface area (TPSA) is 49.4 Å². The van der Waals surface area contributed by atoms with Crippen LogP contribution in [0.1, 0.15) is 31.2 Å². The Labute approximate surface area is 162 Å². The van der Waals surface area contributed by atoms with Crippen molar-refractivity contribution in [2.45, 2.75) is 30.6 Å². The second-order valence-electron chi connectivity index (χ2n) is 6.55. The molecule has 0 aromatic heterocycles. The maximum absolute atomic E-state index is 13.7. The van der Waals surface area contributed by atoms with Gasteiger partial charge in [-0.2, -0.15) is 0 Å². The van der Waals surface area contributed by atoms with E-state index in [-0.39, 0.29) is 9.37 Å². The highest BCUT2D eigenvalue weighted by Crippen LogP contribution is 2.33. The van der Waals surface area contributed by atoms with E-state index in [1.165, 1.54) is 12.1 Å². The van der Waals surface area contributed by atoms with Crippen LogP contribution in [0.5, 0.6) is 0 Å². The number of sulfonamides is 1. The van der Waals surface area contributed by atoms with Gasteiger partial charge in [0, 0.05) is 6.54 Å². The summed E-state index contributed by atoms with van der Waals surface area (Å²) in [6, 6.07) is 11.3. The van der Waals surface area contributed by atoms with E-state index >= 15 is 0 Å². The summed E-state index contributed by atoms with van der Waals surface area (Å²) in [5, 5.41) is 0. The van der Waals surface area contributed by atoms with Crippen molar-refractivity contribution >= 4 is 31.6 Å². The predicted molar refractivity (Wildman–Crippen MR) is 105 cm³/mol. The number of halogens is 2. The zero-order valence-electron chi connectivity index (χ0n) is 14.6. The van der Waals surface area contributed by atoms with Crippen LogP contribution in [0.25, 0.3) is 0 Å². The SMILES string of the molecule is CCCN1CC[C@@H](c2ccccc2NS(=O)(=O)c2ccc(Br)c(F)c2)C1. The average Bonchev–Trinajstić information content (AvgIpc) is 3.06. The molecule has 0 unspecified atom stereocenters. The molecule has 140 valence electrons. The van der Waals surface area contributed by atoms with Gasteiger partial charge in [0.25, 0.3) is 10.0 Å². The number of anilines is 1. The Morgan fingerprint density at radius 2 is 2.04 bits per heavy atom. The molecule has 0 spiro atoms. The molecule has 3 rings (SSSR count). The summed E-state index contributed by atoms with van der Waals surface area (Å²) < 4.78 is 42.0. The van der Waals surface area contributed by atoms with Crippen molar-refractivity contribution in [1.29, 1.82) is 0 Å². The number of likely N-dealkylation sites (tertiary alicyclic amines) is 1. The molecule has 1 aliphatic heterocycles. The van der Waals surface area contributed by atoms with Crippen LogP contribution in [0.3, 0.4) is 0 Å². The van der Waals surface area contributed by atoms with Crippen molar-refractivity contribution in [3.63, 3.8) is 0 Å². The Morgan fingerprint density at radius 1 is 1.27 bits per heavy atom. The summed E-state index contributed by atoms with van der Waals surface area (Å²) >= 11 is 3.04. The van der Waals surface area contributed by atoms with Crippen molar-refractivity contribution in [3.05, 3.63) is 58.3 Å². The number of para-hydroxylation sites is 1. The number of rotatable bonds is 6. The standard InChI is InChI=1S/C19H22BrFN2O2S/c1-2-10-23-11-9-14(13-23)16-5-3-4-6-19(16)22-26(24,25)15-7-8-17(20)18(21)12-15/h3-8,12,14,22H,2,9-11,13H2,1H3/t14-/m1/s1. The normalized spacial score (nSPS) is 18.2. The molecule has 0 amide bonds. The minimum atomic E-state index is -3.85. The van der Waals surface area contributed by atoms with Crippen LogP contribution in [0, 0.1) is 5.82 Å². The average molecular weight is 441 g/mol. The van der Waals surface area contributed by atoms with Crippen molar-refractivity contribution in [2.75, 3.05) is 24.4 Å². The van der Waals surface area contributed by atoms with Crippen LogP contribution in [-0.4, -0.2) is 33.0 Å². The van der Waals surface area contributed by atoms with Gasteiger partial charge in [-0.15, -0.1) is 0 Å². The summed E-state index contributed by atoms with van der Waals surface area (Å²) in [4.78, 5) is 2.31. The molecule has 7 heteroatoms. The van der Waals surface area contributed by atoms with E-state index in [9.17, 15) is 12.8 Å². The molecule has 26 heavy (non-hydrogen) atoms. The number of hydrogen-bond donors (Lipinski definition) is 1. The monoisotopic (exact) mass is 440 g/mol. The quantitative estimate of drug-likeness (QED) is 0.714. The number of benzene rings is 2. The maximum Gasteiger partial charge on any atom is 0.262 e. The molecule has 1 fully saturated rings. The van der Waals surface area contributed by atoms with Crippen molar-refractivity contribution in [3.8, 4) is 0 Å². The summed E-state index contributed by atoms with van der Waals surface area (Å²) in [5.41, 5.74) is 1.56. The van der Waals surface area contributed by atoms with Gasteiger partial charge in [0.1, 0.15) is 5.82 Å². The summed E-state index contributed by atoms with van der Waals surface area (Å²) in [6.07, 6.45) is 2.11. The predicted octanol–water partition coefficient (Wildman–Crippen LogP) is 4.59. The smallest absolute Gasteiger partial charge is 0.262 e. The lowest BCUT2D eigenvalue weighted by molar-refractivity contribution is 0.335. The largest absolute Gasteiger partial charge is 0.303 e. The number of hydrogen-bond acceptors (Lipinski definition) is 3. The molecule has 0 saturated carbocycles. The lowest BCUT2D eigenvalue weighted by Gasteiger charge is -2.18. The highest BCUT2D eigenvalue weighted by molar-refractivity contribution is 9.10. The first kappa shape index (κ1) is 19.3. The minimum absolute atomic E-state index is 0.0907. The Kier molecular flexibility index (Phi) is 5.99. The van der Waals surface area contributed by atoms with Crippen LogP contribution in [0.4, 0.5) is 10.1 Å². The van der Waals surface area contributed by atoms with E-state index in [1.807, 2.05) is 18.2 Å². The molecule has 2 aromatic carbocycles. The fraction of sp³-hybridized carbons (Fsp3) is 0.368. The van der Waals surface area contributed by atoms with Gasteiger partial charge in [0.2, 0.25) is 0 Å². The Bertz CT molecular complexity index is 889. The first-order valence-electron chi connectivity index (χ1n) is 8.70. The fourth-order valence-electron chi connectivity index (χ4n) is 3.40. The zero-order valence-corrected chi connectivity index (χ0v) is 17.0. The van der Waals surface area contributed by atoms with Gasteiger partial charge in [-0.1, -0.05) is 25.1 Å². The third-order valence-electron chi connectivity index (χ3n) is 4.66. The van der Waals surface area contributed by atoms with Crippen LogP contribution in [0.15, 0.2) is 51.8 Å². The third-order valence-corrected chi connectivity index (χ3v) is 6.66. The molecule has 1 aliphatic rings. The minimum Gasteiger partial charge on any atom is -0.303 e. The first-order valence-corrected chi connectivity index (χ1v) is 11.0. The van der Waals surface area contributed by atoms with Crippen molar-refractivity contribution in [1.82, 2.24) is 4.90 Å². The zero-order chi connectivity index (χ0) is 18.7. The Hall–Kier alpha value is -1.44. The van der Waals surface area contributed by atoms with E-state index in [1.54, 1.807) is 6.07 Å². The fourth-order valence-corrected chi connectivity index (χ4v) is 4.75. The summed E-state index contributed by atoms with van der Waals surface area (Å²) in [5.74, 6) is -0.311. The third kappa shape index (κ3) is 4.27. The lowest BCUT2D eigenvalue weighted by atomic mass is 9.97. The van der Waals surface area contributed by atoms with E-state index in [2.05, 4.69) is 32.5 Å². The van der Waals surface area contributed by atoms with Crippen molar-refractivity contribution < 1.29 is 12.8 Å². The van der Waals surface area contributed by atoms with Gasteiger partial charge in [0.05, 0.1) is 15.1 Å². The number of nitrogens with zero attached hydrogens (tertiary/aromatic N) is 1. The molecule has 1 N–H and O–H groups in total. The van der Waals surface area contributed by atoms with Gasteiger partial charge < -0.3 is 4.90 Å². The molecular weight excluding hydrogens is 419 g/mol. The van der Waals surface area contributed by atoms with Crippen molar-refractivity contribution in [2.24, 2.45) is 0 Å². The molecule has 4 nitrogen and oxygen atoms in total. The first-order chi connectivity index (χ1) is 12.4. The molecular formula is C19H22BrFN2O2S. The van der Waals surface area contributed by atoms with Crippen LogP contribution >= 0.6 is 15.9 Å². The maximum atomic E-state index is 13.7. The highest BCUT2D eigenvalue weighted by Gasteiger charge is 2.26. The van der Waals surface area contributed by atoms with Crippen LogP contribution in [0.2, 0.25) is 0 Å². The number of nitrogens with one attached hydrogen (secondary N) is 1. The van der Waals surface area contributed by atoms with Gasteiger partial charge in [0.15, 0.2) is 0 Å². The molecule has 0 bridgehead atoms. The Balaban J connectivity index is 1.85. The van der Waals surface area contributed by atoms with Crippen LogP contribution < -0.4 is 4.72 Å². The molecule has 0 radical (unpaired) electrons. The van der Waals surface area contributed by atoms with E-state index in [0.717, 1.165) is 44.1 Å². The van der Waals surface area contributed by atoms with Gasteiger partial charge >= 0.3 is 0 Å². The van der Waals surface area contributed by atoms with E-state index < -0.39 is 15.8 Å². The molecule has 0 aliphatic carbocycles. The molecule has 1 saturated heterocycles. The Morgan fingerprint density at radius 3 is 2.77 bits per heavy atom.